The topological polar surface area (TPSA) is 57.8 Å². The lowest BCUT2D eigenvalue weighted by Crippen LogP contribution is -2.23. The molecule has 160 valence electrons. The number of hydrogen-bond acceptors (Lipinski definition) is 2. The molecule has 1 N–H and O–H groups in total. The summed E-state index contributed by atoms with van der Waals surface area (Å²) in [7, 11) is 1.85. The van der Waals surface area contributed by atoms with Gasteiger partial charge in [0.05, 0.1) is 11.1 Å². The maximum Gasteiger partial charge on any atom is 0.409 e. The van der Waals surface area contributed by atoms with Gasteiger partial charge in [-0.1, -0.05) is 36.9 Å². The number of allylic oxidation sites excluding steroid dienone is 1. The maximum absolute atomic E-state index is 12.4. The third-order valence-electron chi connectivity index (χ3n) is 4.92. The van der Waals surface area contributed by atoms with E-state index in [4.69, 9.17) is 0 Å². The lowest BCUT2D eigenvalue weighted by Gasteiger charge is -2.13. The molecule has 0 atom stereocenters. The predicted molar refractivity (Wildman–Crippen MR) is 117 cm³/mol. The lowest BCUT2D eigenvalue weighted by molar-refractivity contribution is -0.116. The van der Waals surface area contributed by atoms with Crippen LogP contribution in [0.15, 0.2) is 61.3 Å². The van der Waals surface area contributed by atoms with Crippen molar-refractivity contribution in [2.24, 2.45) is 7.05 Å². The van der Waals surface area contributed by atoms with Crippen LogP contribution in [0.3, 0.4) is 0 Å². The number of carbonyl (C=O) groups is 1. The third kappa shape index (κ3) is 5.04. The molecule has 0 saturated carbocycles. The molecule has 0 aliphatic heterocycles. The fourth-order valence-electron chi connectivity index (χ4n) is 3.45. The number of benzene rings is 2. The van der Waals surface area contributed by atoms with Crippen LogP contribution in [0.25, 0.3) is 28.1 Å². The average molecular weight is 425 g/mol. The molecule has 7 heteroatoms. The molecule has 0 spiro atoms. The summed E-state index contributed by atoms with van der Waals surface area (Å²) in [5.41, 5.74) is 4.20. The van der Waals surface area contributed by atoms with Crippen LogP contribution in [0.4, 0.5) is 13.2 Å². The molecule has 0 aliphatic carbocycles. The fourth-order valence-corrected chi connectivity index (χ4v) is 3.45. The number of aryl methyl sites for hydroxylation is 1. The van der Waals surface area contributed by atoms with Crippen LogP contribution in [0.5, 0.6) is 0 Å². The van der Waals surface area contributed by atoms with Gasteiger partial charge in [-0.15, -0.1) is 0 Å². The second kappa shape index (κ2) is 8.92. The predicted octanol–water partition coefficient (Wildman–Crippen LogP) is 5.38. The Morgan fingerprint density at radius 2 is 2.00 bits per heavy atom. The first-order valence-corrected chi connectivity index (χ1v) is 9.51. The van der Waals surface area contributed by atoms with Crippen LogP contribution in [-0.4, -0.2) is 23.2 Å². The zero-order chi connectivity index (χ0) is 22.6. The molecule has 2 aromatic carbocycles. The van der Waals surface area contributed by atoms with E-state index >= 15 is 0 Å². The van der Waals surface area contributed by atoms with Crippen molar-refractivity contribution in [3.05, 3.63) is 78.0 Å². The van der Waals surface area contributed by atoms with Gasteiger partial charge in [-0.05, 0) is 46.9 Å². The number of rotatable bonds is 6. The van der Waals surface area contributed by atoms with E-state index in [9.17, 15) is 23.2 Å². The summed E-state index contributed by atoms with van der Waals surface area (Å²) >= 11 is 0. The highest BCUT2D eigenvalue weighted by molar-refractivity contribution is 5.99. The Labute approximate surface area is 179 Å². The zero-order valence-electron chi connectivity index (χ0n) is 16.8. The summed E-state index contributed by atoms with van der Waals surface area (Å²) in [6.45, 7) is 3.76. The maximum atomic E-state index is 12.4. The SMILES string of the molecule is C=CC(=O)NCCc1cc(-c2ccc(/C=C\C(F)(F)F)cc2)c2ccn(C)c2c1C#N.[HH]. The molecule has 0 fully saturated rings. The molecule has 0 unspecified atom stereocenters. The van der Waals surface area contributed by atoms with E-state index in [1.165, 1.54) is 6.08 Å². The number of amides is 1. The van der Waals surface area contributed by atoms with Crippen molar-refractivity contribution >= 4 is 22.9 Å². The highest BCUT2D eigenvalue weighted by Crippen LogP contribution is 2.34. The largest absolute Gasteiger partial charge is 0.409 e. The van der Waals surface area contributed by atoms with Crippen LogP contribution in [0.1, 0.15) is 18.1 Å². The standard InChI is InChI=1S/C24H20F3N3O.H2/c1-3-22(31)29-12-9-18-14-20(19-10-13-30(2)23(19)21(18)15-28)17-6-4-16(5-7-17)8-11-24(25,26)27;/h3-8,10-11,13-14H,1,9,12H2,2H3,(H,29,31);1H/b11-8-;. The molecular weight excluding hydrogens is 403 g/mol. The summed E-state index contributed by atoms with van der Waals surface area (Å²) in [5, 5.41) is 13.4. The van der Waals surface area contributed by atoms with Gasteiger partial charge in [0.15, 0.2) is 0 Å². The quantitative estimate of drug-likeness (QED) is 0.539. The molecule has 1 aromatic heterocycles. The number of nitrogens with one attached hydrogen (secondary N) is 1. The van der Waals surface area contributed by atoms with Gasteiger partial charge in [0.2, 0.25) is 5.91 Å². The molecule has 0 saturated heterocycles. The number of alkyl halides is 3. The minimum Gasteiger partial charge on any atom is -0.352 e. The molecule has 1 heterocycles. The molecule has 3 aromatic rings. The van der Waals surface area contributed by atoms with Gasteiger partial charge in [0, 0.05) is 32.7 Å². The Balaban J connectivity index is 0.00000363. The summed E-state index contributed by atoms with van der Waals surface area (Å²) in [4.78, 5) is 11.4. The Bertz CT molecular complexity index is 1200. The van der Waals surface area contributed by atoms with E-state index in [2.05, 4.69) is 18.0 Å². The van der Waals surface area contributed by atoms with E-state index < -0.39 is 6.18 Å². The highest BCUT2D eigenvalue weighted by atomic mass is 19.4. The van der Waals surface area contributed by atoms with Gasteiger partial charge in [-0.2, -0.15) is 18.4 Å². The molecule has 31 heavy (non-hydrogen) atoms. The smallest absolute Gasteiger partial charge is 0.352 e. The van der Waals surface area contributed by atoms with Crippen molar-refractivity contribution in [2.45, 2.75) is 12.6 Å². The first kappa shape index (κ1) is 21.9. The van der Waals surface area contributed by atoms with Gasteiger partial charge >= 0.3 is 6.18 Å². The molecule has 4 nitrogen and oxygen atoms in total. The highest BCUT2D eigenvalue weighted by Gasteiger charge is 2.21. The molecular formula is C24H22F3N3O. The van der Waals surface area contributed by atoms with E-state index in [0.717, 1.165) is 33.7 Å². The van der Waals surface area contributed by atoms with Crippen LogP contribution >= 0.6 is 0 Å². The van der Waals surface area contributed by atoms with Crippen LogP contribution < -0.4 is 5.32 Å². The van der Waals surface area contributed by atoms with E-state index in [0.29, 0.717) is 24.1 Å². The first-order chi connectivity index (χ1) is 14.7. The molecule has 3 rings (SSSR count). The molecule has 0 bridgehead atoms. The van der Waals surface area contributed by atoms with Crippen molar-refractivity contribution in [2.75, 3.05) is 6.54 Å². The average Bonchev–Trinajstić information content (AvgIpc) is 3.13. The molecule has 1 amide bonds. The summed E-state index contributed by atoms with van der Waals surface area (Å²) in [6.07, 6.45) is 0.356. The minimum atomic E-state index is -4.36. The van der Waals surface area contributed by atoms with Crippen molar-refractivity contribution in [1.29, 1.82) is 5.26 Å². The van der Waals surface area contributed by atoms with Crippen molar-refractivity contribution < 1.29 is 19.4 Å². The second-order valence-corrected chi connectivity index (χ2v) is 7.00. The summed E-state index contributed by atoms with van der Waals surface area (Å²) < 4.78 is 39.1. The van der Waals surface area contributed by atoms with Crippen molar-refractivity contribution in [3.8, 4) is 17.2 Å². The Morgan fingerprint density at radius 3 is 2.61 bits per heavy atom. The van der Waals surface area contributed by atoms with Crippen LogP contribution in [0.2, 0.25) is 0 Å². The number of nitriles is 1. The van der Waals surface area contributed by atoms with Gasteiger partial charge in [-0.25, -0.2) is 0 Å². The summed E-state index contributed by atoms with van der Waals surface area (Å²) in [5.74, 6) is -0.291. The van der Waals surface area contributed by atoms with Crippen molar-refractivity contribution in [1.82, 2.24) is 9.88 Å². The van der Waals surface area contributed by atoms with Gasteiger partial charge < -0.3 is 9.88 Å². The number of halogens is 3. The van der Waals surface area contributed by atoms with Gasteiger partial charge in [0.25, 0.3) is 0 Å². The first-order valence-electron chi connectivity index (χ1n) is 9.51. The Morgan fingerprint density at radius 1 is 1.29 bits per heavy atom. The number of aromatic nitrogens is 1. The zero-order valence-corrected chi connectivity index (χ0v) is 16.8. The van der Waals surface area contributed by atoms with E-state index in [-0.39, 0.29) is 13.4 Å². The Hall–Kier alpha value is -3.79. The lowest BCUT2D eigenvalue weighted by atomic mass is 9.93. The number of nitrogens with zero attached hydrogens (tertiary/aromatic N) is 2. The number of carbonyl (C=O) groups excluding carboxylic acids is 1. The Kier molecular flexibility index (Phi) is 6.30. The van der Waals surface area contributed by atoms with E-state index in [1.54, 1.807) is 24.3 Å². The monoisotopic (exact) mass is 425 g/mol. The number of hydrogen-bond donors (Lipinski definition) is 1. The van der Waals surface area contributed by atoms with Gasteiger partial charge in [0.1, 0.15) is 6.07 Å². The summed E-state index contributed by atoms with van der Waals surface area (Å²) in [6, 6.07) is 12.8. The van der Waals surface area contributed by atoms with Crippen molar-refractivity contribution in [3.63, 3.8) is 0 Å². The minimum absolute atomic E-state index is 0. The second-order valence-electron chi connectivity index (χ2n) is 7.00. The third-order valence-corrected chi connectivity index (χ3v) is 4.92. The molecule has 0 radical (unpaired) electrons. The van der Waals surface area contributed by atoms with Crippen LogP contribution in [0, 0.1) is 11.3 Å². The van der Waals surface area contributed by atoms with Gasteiger partial charge in [-0.3, -0.25) is 4.79 Å². The van der Waals surface area contributed by atoms with E-state index in [1.807, 2.05) is 29.9 Å². The fraction of sp³-hybridized carbons (Fsp3) is 0.167. The normalized spacial score (nSPS) is 11.6. The molecule has 0 aliphatic rings. The number of fused-ring (bicyclic) bond motifs is 1. The van der Waals surface area contributed by atoms with Crippen LogP contribution in [-0.2, 0) is 18.3 Å².